The number of nitrogens with one attached hydrogen (secondary N) is 3. The molecule has 2 heterocycles. The Morgan fingerprint density at radius 2 is 2.03 bits per heavy atom. The van der Waals surface area contributed by atoms with Gasteiger partial charge in [0, 0.05) is 18.7 Å². The van der Waals surface area contributed by atoms with Crippen molar-refractivity contribution in [1.82, 2.24) is 15.5 Å². The van der Waals surface area contributed by atoms with E-state index in [0.717, 1.165) is 0 Å². The van der Waals surface area contributed by atoms with E-state index in [4.69, 9.17) is 26.9 Å². The second-order valence-corrected chi connectivity index (χ2v) is 10.3. The molecule has 2 saturated heterocycles. The molecule has 3 rings (SSSR count). The lowest BCUT2D eigenvalue weighted by Crippen LogP contribution is -2.58. The van der Waals surface area contributed by atoms with E-state index in [1.807, 2.05) is 20.8 Å². The van der Waals surface area contributed by atoms with E-state index in [9.17, 15) is 19.2 Å². The molecule has 0 aliphatic carbocycles. The third-order valence-electron chi connectivity index (χ3n) is 6.24. The zero-order valence-electron chi connectivity index (χ0n) is 20.9. The summed E-state index contributed by atoms with van der Waals surface area (Å²) >= 11 is 6.15. The first-order chi connectivity index (χ1) is 17.0. The fourth-order valence-corrected chi connectivity index (χ4v) is 4.59. The predicted molar refractivity (Wildman–Crippen MR) is 133 cm³/mol. The molecule has 5 N–H and O–H groups in total. The quantitative estimate of drug-likeness (QED) is 0.227. The standard InChI is InChI=1S/C24H34ClN5O6/c1-5-35-23-16(12-18(31)36-23)27-21(33)17-7-6-10-30(17)22(34)19(24(2,3)4)28-20(32)13-8-9-15(29-26)14(25)11-13/h8-9,11,16-17,19,23,29H,5-7,10,12,26H2,1-4H3,(H,27,33)(H,28,32). The second-order valence-electron chi connectivity index (χ2n) is 9.93. The summed E-state index contributed by atoms with van der Waals surface area (Å²) in [4.78, 5) is 53.0. The van der Waals surface area contributed by atoms with Crippen molar-refractivity contribution in [2.75, 3.05) is 18.6 Å². The maximum atomic E-state index is 13.7. The van der Waals surface area contributed by atoms with Crippen LogP contribution >= 0.6 is 11.6 Å². The van der Waals surface area contributed by atoms with Gasteiger partial charge in [0.05, 0.1) is 17.1 Å². The summed E-state index contributed by atoms with van der Waals surface area (Å²) in [6, 6.07) is 2.31. The highest BCUT2D eigenvalue weighted by molar-refractivity contribution is 6.33. The number of nitrogens with zero attached hydrogens (tertiary/aromatic N) is 1. The Bertz CT molecular complexity index is 1010. The normalized spacial score (nSPS) is 22.7. The lowest BCUT2D eigenvalue weighted by atomic mass is 9.85. The predicted octanol–water partition coefficient (Wildman–Crippen LogP) is 1.56. The zero-order chi connectivity index (χ0) is 26.6. The van der Waals surface area contributed by atoms with Crippen LogP contribution in [-0.4, -0.2) is 66.2 Å². The van der Waals surface area contributed by atoms with Gasteiger partial charge in [0.1, 0.15) is 18.1 Å². The summed E-state index contributed by atoms with van der Waals surface area (Å²) < 4.78 is 10.5. The minimum atomic E-state index is -0.906. The van der Waals surface area contributed by atoms with Crippen LogP contribution in [0.25, 0.3) is 0 Å². The van der Waals surface area contributed by atoms with Crippen molar-refractivity contribution >= 4 is 41.0 Å². The molecule has 36 heavy (non-hydrogen) atoms. The lowest BCUT2D eigenvalue weighted by Gasteiger charge is -2.35. The van der Waals surface area contributed by atoms with Gasteiger partial charge in [-0.25, -0.2) is 0 Å². The van der Waals surface area contributed by atoms with Crippen LogP contribution in [0.3, 0.4) is 0 Å². The molecule has 0 bridgehead atoms. The summed E-state index contributed by atoms with van der Waals surface area (Å²) in [5.74, 6) is 3.72. The SMILES string of the molecule is CCOC1OC(=O)CC1NC(=O)C1CCCN1C(=O)C(NC(=O)c1ccc(NN)c(Cl)c1)C(C)(C)C. The molecule has 198 valence electrons. The average molecular weight is 524 g/mol. The van der Waals surface area contributed by atoms with Gasteiger partial charge in [0.25, 0.3) is 5.91 Å². The number of nitrogen functional groups attached to an aromatic ring is 1. The summed E-state index contributed by atoms with van der Waals surface area (Å²) in [5, 5.41) is 5.89. The van der Waals surface area contributed by atoms with Crippen LogP contribution in [0.5, 0.6) is 0 Å². The number of carbonyl (C=O) groups is 4. The molecule has 12 heteroatoms. The molecule has 0 radical (unpaired) electrons. The summed E-state index contributed by atoms with van der Waals surface area (Å²) in [6.07, 6.45) is 0.240. The number of hydrogen-bond acceptors (Lipinski definition) is 8. The molecule has 11 nitrogen and oxygen atoms in total. The van der Waals surface area contributed by atoms with Gasteiger partial charge in [-0.05, 0) is 43.4 Å². The number of anilines is 1. The van der Waals surface area contributed by atoms with E-state index in [0.29, 0.717) is 31.7 Å². The van der Waals surface area contributed by atoms with Crippen molar-refractivity contribution in [1.29, 1.82) is 0 Å². The van der Waals surface area contributed by atoms with Gasteiger partial charge in [-0.3, -0.25) is 25.0 Å². The summed E-state index contributed by atoms with van der Waals surface area (Å²) in [7, 11) is 0. The van der Waals surface area contributed by atoms with Crippen molar-refractivity contribution in [2.24, 2.45) is 11.3 Å². The van der Waals surface area contributed by atoms with Crippen molar-refractivity contribution in [3.63, 3.8) is 0 Å². The Kier molecular flexibility index (Phi) is 8.80. The van der Waals surface area contributed by atoms with Crippen molar-refractivity contribution in [3.8, 4) is 0 Å². The molecule has 2 aliphatic rings. The molecule has 3 amide bonds. The number of esters is 1. The van der Waals surface area contributed by atoms with Crippen LogP contribution in [0.4, 0.5) is 5.69 Å². The Balaban J connectivity index is 1.74. The van der Waals surface area contributed by atoms with E-state index in [-0.39, 0.29) is 28.8 Å². The van der Waals surface area contributed by atoms with Gasteiger partial charge >= 0.3 is 5.97 Å². The van der Waals surface area contributed by atoms with Crippen LogP contribution in [0.1, 0.15) is 57.3 Å². The third-order valence-corrected chi connectivity index (χ3v) is 6.55. The number of cyclic esters (lactones) is 1. The Labute approximate surface area is 215 Å². The first-order valence-corrected chi connectivity index (χ1v) is 12.3. The van der Waals surface area contributed by atoms with Gasteiger partial charge in [0.15, 0.2) is 0 Å². The zero-order valence-corrected chi connectivity index (χ0v) is 21.7. The van der Waals surface area contributed by atoms with E-state index in [1.165, 1.54) is 11.0 Å². The lowest BCUT2D eigenvalue weighted by molar-refractivity contribution is -0.164. The van der Waals surface area contributed by atoms with Gasteiger partial charge in [-0.15, -0.1) is 0 Å². The first kappa shape index (κ1) is 27.7. The van der Waals surface area contributed by atoms with E-state index in [2.05, 4.69) is 16.1 Å². The highest BCUT2D eigenvalue weighted by Crippen LogP contribution is 2.28. The van der Waals surface area contributed by atoms with Crippen LogP contribution in [0.2, 0.25) is 5.02 Å². The van der Waals surface area contributed by atoms with Crippen LogP contribution in [0.15, 0.2) is 18.2 Å². The molecular formula is C24H34ClN5O6. The van der Waals surface area contributed by atoms with Crippen LogP contribution in [0, 0.1) is 5.41 Å². The van der Waals surface area contributed by atoms with E-state index >= 15 is 0 Å². The Morgan fingerprint density at radius 3 is 2.64 bits per heavy atom. The molecule has 0 spiro atoms. The fourth-order valence-electron chi connectivity index (χ4n) is 4.35. The maximum Gasteiger partial charge on any atom is 0.310 e. The highest BCUT2D eigenvalue weighted by Gasteiger charge is 2.44. The Morgan fingerprint density at radius 1 is 1.31 bits per heavy atom. The molecule has 4 atom stereocenters. The molecular weight excluding hydrogens is 490 g/mol. The number of hydrogen-bond donors (Lipinski definition) is 4. The van der Waals surface area contributed by atoms with Crippen molar-refractivity contribution in [3.05, 3.63) is 28.8 Å². The van der Waals surface area contributed by atoms with Gasteiger partial charge < -0.3 is 30.4 Å². The minimum Gasteiger partial charge on any atom is -0.433 e. The molecule has 0 saturated carbocycles. The monoisotopic (exact) mass is 523 g/mol. The largest absolute Gasteiger partial charge is 0.433 e. The first-order valence-electron chi connectivity index (χ1n) is 11.9. The van der Waals surface area contributed by atoms with Crippen molar-refractivity contribution < 1.29 is 28.7 Å². The average Bonchev–Trinajstić information content (AvgIpc) is 3.43. The van der Waals surface area contributed by atoms with E-state index < -0.39 is 41.7 Å². The summed E-state index contributed by atoms with van der Waals surface area (Å²) in [5.41, 5.74) is 2.52. The smallest absolute Gasteiger partial charge is 0.310 e. The number of benzene rings is 1. The van der Waals surface area contributed by atoms with Gasteiger partial charge in [-0.2, -0.15) is 0 Å². The number of carbonyl (C=O) groups excluding carboxylic acids is 4. The van der Waals surface area contributed by atoms with Crippen LogP contribution in [-0.2, 0) is 23.9 Å². The molecule has 2 aliphatic heterocycles. The number of nitrogens with two attached hydrogens (primary N) is 1. The molecule has 2 fully saturated rings. The number of halogens is 1. The Hall–Kier alpha value is -2.89. The highest BCUT2D eigenvalue weighted by atomic mass is 35.5. The van der Waals surface area contributed by atoms with Crippen LogP contribution < -0.4 is 21.9 Å². The number of ether oxygens (including phenoxy) is 2. The summed E-state index contributed by atoms with van der Waals surface area (Å²) in [6.45, 7) is 7.97. The minimum absolute atomic E-state index is 0.00122. The number of likely N-dealkylation sites (tertiary alicyclic amines) is 1. The third kappa shape index (κ3) is 6.26. The molecule has 0 aromatic heterocycles. The molecule has 4 unspecified atom stereocenters. The number of hydrazine groups is 1. The molecule has 1 aromatic carbocycles. The van der Waals surface area contributed by atoms with Gasteiger partial charge in [-0.1, -0.05) is 32.4 Å². The fraction of sp³-hybridized carbons (Fsp3) is 0.583. The van der Waals surface area contributed by atoms with Gasteiger partial charge in [0.2, 0.25) is 18.1 Å². The van der Waals surface area contributed by atoms with Crippen molar-refractivity contribution in [2.45, 2.75) is 71.4 Å². The topological polar surface area (TPSA) is 152 Å². The second kappa shape index (κ2) is 11.4. The maximum absolute atomic E-state index is 13.7. The number of amides is 3. The van der Waals surface area contributed by atoms with E-state index in [1.54, 1.807) is 19.1 Å². The number of rotatable bonds is 8. The molecule has 1 aromatic rings.